The van der Waals surface area contributed by atoms with E-state index in [1.165, 1.54) is 64.5 Å². The molecule has 1 heteroatoms. The third kappa shape index (κ3) is 11.5. The largest absolute Gasteiger partial charge is 0.298 e. The van der Waals surface area contributed by atoms with Crippen molar-refractivity contribution in [1.29, 1.82) is 0 Å². The van der Waals surface area contributed by atoms with Gasteiger partial charge in [0, 0.05) is 12.1 Å². The van der Waals surface area contributed by atoms with E-state index in [1.54, 1.807) is 0 Å². The van der Waals surface area contributed by atoms with Gasteiger partial charge in [-0.1, -0.05) is 65.7 Å². The van der Waals surface area contributed by atoms with Crippen LogP contribution in [-0.4, -0.2) is 23.5 Å². The second-order valence-corrected chi connectivity index (χ2v) is 7.49. The summed E-state index contributed by atoms with van der Waals surface area (Å²) in [5, 5.41) is 0. The van der Waals surface area contributed by atoms with Gasteiger partial charge in [-0.2, -0.15) is 0 Å². The summed E-state index contributed by atoms with van der Waals surface area (Å²) >= 11 is 0. The number of rotatable bonds is 11. The first-order chi connectivity index (χ1) is 8.88. The van der Waals surface area contributed by atoms with Crippen molar-refractivity contribution in [3.8, 4) is 0 Å². The Bertz CT molecular complexity index is 190. The minimum absolute atomic E-state index is 0.325. The fourth-order valence-corrected chi connectivity index (χ4v) is 2.58. The molecule has 0 N–H and O–H groups in total. The number of hydrogen-bond donors (Lipinski definition) is 0. The van der Waals surface area contributed by atoms with E-state index in [4.69, 9.17) is 0 Å². The molecule has 0 aliphatic heterocycles. The molecular formula is C18H39N. The quantitative estimate of drug-likeness (QED) is 0.423. The maximum atomic E-state index is 2.66. The number of nitrogens with zero attached hydrogens (tertiary/aromatic N) is 1. The predicted octanol–water partition coefficient (Wildman–Crippen LogP) is 5.88. The van der Waals surface area contributed by atoms with E-state index >= 15 is 0 Å². The van der Waals surface area contributed by atoms with E-state index < -0.39 is 0 Å². The lowest BCUT2D eigenvalue weighted by Gasteiger charge is -2.37. The highest BCUT2D eigenvalue weighted by Gasteiger charge is 2.21. The maximum absolute atomic E-state index is 2.66. The van der Waals surface area contributed by atoms with Gasteiger partial charge in [0.15, 0.2) is 0 Å². The highest BCUT2D eigenvalue weighted by molar-refractivity contribution is 4.76. The van der Waals surface area contributed by atoms with Gasteiger partial charge in [-0.05, 0) is 39.7 Å². The summed E-state index contributed by atoms with van der Waals surface area (Å²) in [6.45, 7) is 16.5. The van der Waals surface area contributed by atoms with Gasteiger partial charge in [0.05, 0.1) is 0 Å². The molecule has 0 aromatic heterocycles. The Morgan fingerprint density at radius 1 is 0.789 bits per heavy atom. The van der Waals surface area contributed by atoms with Gasteiger partial charge in [0.1, 0.15) is 0 Å². The van der Waals surface area contributed by atoms with Gasteiger partial charge >= 0.3 is 0 Å². The van der Waals surface area contributed by atoms with Crippen LogP contribution < -0.4 is 0 Å². The van der Waals surface area contributed by atoms with Crippen molar-refractivity contribution in [2.24, 2.45) is 5.92 Å². The Hall–Kier alpha value is -0.0400. The number of unbranched alkanes of at least 4 members (excludes halogenated alkanes) is 7. The van der Waals surface area contributed by atoms with Crippen molar-refractivity contribution in [1.82, 2.24) is 4.90 Å². The Balaban J connectivity index is 3.64. The average molecular weight is 270 g/mol. The first-order valence-corrected chi connectivity index (χ1v) is 8.63. The van der Waals surface area contributed by atoms with Gasteiger partial charge in [0.2, 0.25) is 0 Å². The second kappa shape index (κ2) is 10.7. The molecule has 0 aromatic rings. The summed E-state index contributed by atoms with van der Waals surface area (Å²) in [6.07, 6.45) is 11.3. The second-order valence-electron chi connectivity index (χ2n) is 7.49. The maximum Gasteiger partial charge on any atom is 0.0125 e. The van der Waals surface area contributed by atoms with Gasteiger partial charge in [-0.25, -0.2) is 0 Å². The Kier molecular flexibility index (Phi) is 10.7. The zero-order valence-corrected chi connectivity index (χ0v) is 14.6. The van der Waals surface area contributed by atoms with Crippen molar-refractivity contribution in [3.63, 3.8) is 0 Å². The SMILES string of the molecule is CCCCCCCCCCN(CC(C)C)C(C)(C)C. The fraction of sp³-hybridized carbons (Fsp3) is 1.00. The molecule has 1 nitrogen and oxygen atoms in total. The Labute approximate surface area is 123 Å². The molecule has 0 heterocycles. The molecule has 0 bridgehead atoms. The van der Waals surface area contributed by atoms with Crippen LogP contribution in [0.3, 0.4) is 0 Å². The molecule has 0 aliphatic carbocycles. The molecule has 0 saturated carbocycles. The van der Waals surface area contributed by atoms with Crippen LogP contribution in [0.25, 0.3) is 0 Å². The molecule has 0 rings (SSSR count). The van der Waals surface area contributed by atoms with Crippen LogP contribution in [0.5, 0.6) is 0 Å². The van der Waals surface area contributed by atoms with Crippen LogP contribution in [-0.2, 0) is 0 Å². The lowest BCUT2D eigenvalue weighted by Crippen LogP contribution is -2.44. The van der Waals surface area contributed by atoms with Crippen molar-refractivity contribution in [2.45, 2.75) is 98.4 Å². The highest BCUT2D eigenvalue weighted by Crippen LogP contribution is 2.17. The topological polar surface area (TPSA) is 3.24 Å². The lowest BCUT2D eigenvalue weighted by molar-refractivity contribution is 0.117. The molecule has 0 amide bonds. The first-order valence-electron chi connectivity index (χ1n) is 8.63. The summed E-state index contributed by atoms with van der Waals surface area (Å²) in [4.78, 5) is 2.66. The van der Waals surface area contributed by atoms with E-state index in [2.05, 4.69) is 46.4 Å². The van der Waals surface area contributed by atoms with Crippen molar-refractivity contribution < 1.29 is 0 Å². The smallest absolute Gasteiger partial charge is 0.0125 e. The molecule has 0 radical (unpaired) electrons. The summed E-state index contributed by atoms with van der Waals surface area (Å²) < 4.78 is 0. The minimum Gasteiger partial charge on any atom is -0.298 e. The van der Waals surface area contributed by atoms with Gasteiger partial charge < -0.3 is 0 Å². The summed E-state index contributed by atoms with van der Waals surface area (Å²) in [5.74, 6) is 0.772. The van der Waals surface area contributed by atoms with Crippen molar-refractivity contribution in [3.05, 3.63) is 0 Å². The van der Waals surface area contributed by atoms with Crippen LogP contribution in [0.1, 0.15) is 92.9 Å². The standard InChI is InChI=1S/C18H39N/c1-7-8-9-10-11-12-13-14-15-19(16-17(2)3)18(4,5)6/h17H,7-16H2,1-6H3. The predicted molar refractivity (Wildman–Crippen MR) is 88.8 cm³/mol. The molecule has 0 unspecified atom stereocenters. The monoisotopic (exact) mass is 269 g/mol. The molecule has 0 spiro atoms. The fourth-order valence-electron chi connectivity index (χ4n) is 2.58. The average Bonchev–Trinajstić information content (AvgIpc) is 2.29. The molecule has 0 aromatic carbocycles. The molecular weight excluding hydrogens is 230 g/mol. The van der Waals surface area contributed by atoms with E-state index in [1.807, 2.05) is 0 Å². The van der Waals surface area contributed by atoms with E-state index in [0.717, 1.165) is 5.92 Å². The van der Waals surface area contributed by atoms with E-state index in [9.17, 15) is 0 Å². The van der Waals surface area contributed by atoms with Crippen molar-refractivity contribution in [2.75, 3.05) is 13.1 Å². The third-order valence-corrected chi connectivity index (χ3v) is 3.82. The third-order valence-electron chi connectivity index (χ3n) is 3.82. The lowest BCUT2D eigenvalue weighted by atomic mass is 10.0. The number of hydrogen-bond acceptors (Lipinski definition) is 1. The van der Waals surface area contributed by atoms with E-state index in [-0.39, 0.29) is 0 Å². The highest BCUT2D eigenvalue weighted by atomic mass is 15.2. The van der Waals surface area contributed by atoms with Crippen LogP contribution in [0, 0.1) is 5.92 Å². The van der Waals surface area contributed by atoms with Gasteiger partial charge in [-0.15, -0.1) is 0 Å². The van der Waals surface area contributed by atoms with Crippen LogP contribution in [0.4, 0.5) is 0 Å². The van der Waals surface area contributed by atoms with Crippen LogP contribution >= 0.6 is 0 Å². The van der Waals surface area contributed by atoms with E-state index in [0.29, 0.717) is 5.54 Å². The molecule has 116 valence electrons. The van der Waals surface area contributed by atoms with Gasteiger partial charge in [-0.3, -0.25) is 4.90 Å². The molecule has 19 heavy (non-hydrogen) atoms. The Morgan fingerprint density at radius 3 is 1.68 bits per heavy atom. The van der Waals surface area contributed by atoms with Gasteiger partial charge in [0.25, 0.3) is 0 Å². The molecule has 0 atom stereocenters. The molecule has 0 aliphatic rings. The molecule has 0 saturated heterocycles. The zero-order valence-electron chi connectivity index (χ0n) is 14.6. The summed E-state index contributed by atoms with van der Waals surface area (Å²) in [5.41, 5.74) is 0.325. The first kappa shape index (κ1) is 19.0. The zero-order chi connectivity index (χ0) is 14.7. The normalized spacial score (nSPS) is 12.6. The van der Waals surface area contributed by atoms with Crippen LogP contribution in [0.15, 0.2) is 0 Å². The van der Waals surface area contributed by atoms with Crippen molar-refractivity contribution >= 4 is 0 Å². The Morgan fingerprint density at radius 2 is 1.26 bits per heavy atom. The summed E-state index contributed by atoms with van der Waals surface area (Å²) in [7, 11) is 0. The summed E-state index contributed by atoms with van der Waals surface area (Å²) in [6, 6.07) is 0. The van der Waals surface area contributed by atoms with Crippen LogP contribution in [0.2, 0.25) is 0 Å². The molecule has 0 fully saturated rings. The minimum atomic E-state index is 0.325.